The number of anilines is 2. The van der Waals surface area contributed by atoms with Crippen LogP contribution in [0.2, 0.25) is 0 Å². The molecule has 3 rings (SSSR count). The van der Waals surface area contributed by atoms with Crippen molar-refractivity contribution in [3.8, 4) is 11.1 Å². The first-order valence-electron chi connectivity index (χ1n) is 9.77. The van der Waals surface area contributed by atoms with Crippen molar-refractivity contribution in [2.75, 3.05) is 24.2 Å². The van der Waals surface area contributed by atoms with E-state index in [0.717, 1.165) is 21.7 Å². The molecule has 154 valence electrons. The number of carbonyl (C=O) groups is 2. The minimum atomic E-state index is -0.466. The Kier molecular flexibility index (Phi) is 6.93. The second-order valence-electron chi connectivity index (χ2n) is 7.20. The Hall–Kier alpha value is -3.51. The summed E-state index contributed by atoms with van der Waals surface area (Å²) in [6, 6.07) is 22.7. The maximum Gasteiger partial charge on any atom is 0.282 e. The van der Waals surface area contributed by atoms with Gasteiger partial charge in [0.15, 0.2) is 12.6 Å². The predicted octanol–water partition coefficient (Wildman–Crippen LogP) is 2.97. The molecular weight excluding hydrogens is 381 g/mol. The first-order chi connectivity index (χ1) is 14.4. The summed E-state index contributed by atoms with van der Waals surface area (Å²) in [6.45, 7) is 1.84. The molecule has 0 aliphatic rings. The summed E-state index contributed by atoms with van der Waals surface area (Å²) in [4.78, 5) is 25.8. The fourth-order valence-corrected chi connectivity index (χ4v) is 3.10. The van der Waals surface area contributed by atoms with Crippen LogP contribution in [-0.2, 0) is 9.59 Å². The second-order valence-corrected chi connectivity index (χ2v) is 7.20. The van der Waals surface area contributed by atoms with Gasteiger partial charge < -0.3 is 15.5 Å². The first-order valence-corrected chi connectivity index (χ1v) is 9.77. The first kappa shape index (κ1) is 21.2. The van der Waals surface area contributed by atoms with Crippen molar-refractivity contribution >= 4 is 23.2 Å². The summed E-state index contributed by atoms with van der Waals surface area (Å²) >= 11 is 0. The zero-order valence-electron chi connectivity index (χ0n) is 17.0. The Morgan fingerprint density at radius 2 is 1.63 bits per heavy atom. The molecule has 0 saturated heterocycles. The third kappa shape index (κ3) is 5.52. The van der Waals surface area contributed by atoms with Gasteiger partial charge in [-0.15, -0.1) is 0 Å². The molecule has 2 atom stereocenters. The minimum absolute atomic E-state index is 0.0748. The van der Waals surface area contributed by atoms with Crippen LogP contribution in [0.4, 0.5) is 15.8 Å². The van der Waals surface area contributed by atoms with Crippen molar-refractivity contribution < 1.29 is 18.9 Å². The average Bonchev–Trinajstić information content (AvgIpc) is 2.74. The van der Waals surface area contributed by atoms with Crippen LogP contribution in [0.3, 0.4) is 0 Å². The maximum absolute atomic E-state index is 13.3. The lowest BCUT2D eigenvalue weighted by atomic mass is 10.0. The number of hydrogen-bond acceptors (Lipinski definition) is 2. The molecule has 3 aromatic rings. The molecular formula is C24H25FN3O2+. The number of carbonyl (C=O) groups excluding carboxylic acids is 2. The van der Waals surface area contributed by atoms with E-state index < -0.39 is 11.9 Å². The number of likely N-dealkylation sites (N-methyl/N-ethyl adjacent to an activating group) is 1. The van der Waals surface area contributed by atoms with Crippen LogP contribution >= 0.6 is 0 Å². The Bertz CT molecular complexity index is 1020. The van der Waals surface area contributed by atoms with Gasteiger partial charge in [-0.25, -0.2) is 4.39 Å². The van der Waals surface area contributed by atoms with Gasteiger partial charge in [0.05, 0.1) is 7.05 Å². The van der Waals surface area contributed by atoms with Crippen LogP contribution < -0.4 is 15.5 Å². The minimum Gasteiger partial charge on any atom is -0.321 e. The average molecular weight is 406 g/mol. The van der Waals surface area contributed by atoms with E-state index in [2.05, 4.69) is 10.6 Å². The van der Waals surface area contributed by atoms with Gasteiger partial charge in [-0.3, -0.25) is 9.59 Å². The Morgan fingerprint density at radius 1 is 0.933 bits per heavy atom. The quantitative estimate of drug-likeness (QED) is 0.565. The van der Waals surface area contributed by atoms with Crippen molar-refractivity contribution in [2.45, 2.75) is 13.0 Å². The molecule has 0 heterocycles. The van der Waals surface area contributed by atoms with Crippen molar-refractivity contribution in [3.05, 3.63) is 84.7 Å². The van der Waals surface area contributed by atoms with Gasteiger partial charge in [0.1, 0.15) is 5.82 Å². The second kappa shape index (κ2) is 9.80. The topological polar surface area (TPSA) is 62.6 Å². The van der Waals surface area contributed by atoms with E-state index in [1.807, 2.05) is 54.6 Å². The number of benzene rings is 3. The van der Waals surface area contributed by atoms with Crippen LogP contribution in [0, 0.1) is 5.82 Å². The van der Waals surface area contributed by atoms with E-state index in [9.17, 15) is 14.0 Å². The molecule has 2 amide bonds. The number of nitrogens with one attached hydrogen (secondary N) is 3. The van der Waals surface area contributed by atoms with Crippen molar-refractivity contribution in [2.24, 2.45) is 0 Å². The summed E-state index contributed by atoms with van der Waals surface area (Å²) in [7, 11) is 1.78. The molecule has 0 bridgehead atoms. The van der Waals surface area contributed by atoms with Gasteiger partial charge in [-0.1, -0.05) is 54.6 Å². The van der Waals surface area contributed by atoms with Gasteiger partial charge in [0, 0.05) is 16.9 Å². The van der Waals surface area contributed by atoms with Crippen LogP contribution in [0.15, 0.2) is 78.9 Å². The predicted molar refractivity (Wildman–Crippen MR) is 117 cm³/mol. The van der Waals surface area contributed by atoms with E-state index in [1.165, 1.54) is 18.2 Å². The van der Waals surface area contributed by atoms with E-state index in [-0.39, 0.29) is 18.4 Å². The maximum atomic E-state index is 13.3. The number of rotatable bonds is 7. The summed E-state index contributed by atoms with van der Waals surface area (Å²) in [5.41, 5.74) is 3.05. The monoisotopic (exact) mass is 406 g/mol. The Balaban J connectivity index is 1.62. The van der Waals surface area contributed by atoms with Gasteiger partial charge in [-0.05, 0) is 36.8 Å². The molecule has 0 radical (unpaired) electrons. The lowest BCUT2D eigenvalue weighted by Crippen LogP contribution is -3.14. The lowest BCUT2D eigenvalue weighted by Gasteiger charge is -2.21. The van der Waals surface area contributed by atoms with Gasteiger partial charge in [0.25, 0.3) is 11.8 Å². The molecule has 0 fully saturated rings. The van der Waals surface area contributed by atoms with Gasteiger partial charge >= 0.3 is 0 Å². The molecule has 30 heavy (non-hydrogen) atoms. The number of amides is 2. The summed E-state index contributed by atoms with van der Waals surface area (Å²) in [5.74, 6) is -0.893. The summed E-state index contributed by atoms with van der Waals surface area (Å²) in [6.07, 6.45) is 0. The summed E-state index contributed by atoms with van der Waals surface area (Å²) < 4.78 is 13.3. The van der Waals surface area contributed by atoms with E-state index in [1.54, 1.807) is 20.0 Å². The van der Waals surface area contributed by atoms with Crippen LogP contribution in [-0.4, -0.2) is 31.4 Å². The molecule has 3 aromatic carbocycles. The normalized spacial score (nSPS) is 12.6. The van der Waals surface area contributed by atoms with Crippen molar-refractivity contribution in [3.63, 3.8) is 0 Å². The number of hydrogen-bond donors (Lipinski definition) is 3. The molecule has 0 aliphatic heterocycles. The molecule has 0 aromatic heterocycles. The smallest absolute Gasteiger partial charge is 0.282 e. The lowest BCUT2D eigenvalue weighted by molar-refractivity contribution is -0.885. The molecule has 5 nitrogen and oxygen atoms in total. The highest BCUT2D eigenvalue weighted by Gasteiger charge is 2.24. The Labute approximate surface area is 175 Å². The largest absolute Gasteiger partial charge is 0.321 e. The van der Waals surface area contributed by atoms with E-state index in [0.29, 0.717) is 5.69 Å². The molecule has 1 unspecified atom stereocenters. The summed E-state index contributed by atoms with van der Waals surface area (Å²) in [5, 5.41) is 5.64. The molecule has 0 aliphatic carbocycles. The van der Waals surface area contributed by atoms with E-state index >= 15 is 0 Å². The fourth-order valence-electron chi connectivity index (χ4n) is 3.10. The van der Waals surface area contributed by atoms with Gasteiger partial charge in [-0.2, -0.15) is 0 Å². The molecule has 0 spiro atoms. The van der Waals surface area contributed by atoms with Gasteiger partial charge in [0.2, 0.25) is 0 Å². The van der Waals surface area contributed by atoms with E-state index in [4.69, 9.17) is 0 Å². The number of halogens is 1. The SMILES string of the molecule is C[C@H](C(=O)Nc1ccccc1-c1ccccc1)[NH+](C)CC(=O)Nc1cccc(F)c1. The molecule has 0 saturated carbocycles. The van der Waals surface area contributed by atoms with Crippen LogP contribution in [0.25, 0.3) is 11.1 Å². The number of para-hydroxylation sites is 1. The zero-order valence-corrected chi connectivity index (χ0v) is 17.0. The Morgan fingerprint density at radius 3 is 2.37 bits per heavy atom. The highest BCUT2D eigenvalue weighted by Crippen LogP contribution is 2.27. The molecule has 3 N–H and O–H groups in total. The third-order valence-electron chi connectivity index (χ3n) is 4.95. The number of quaternary nitrogens is 1. The van der Waals surface area contributed by atoms with Crippen LogP contribution in [0.1, 0.15) is 6.92 Å². The van der Waals surface area contributed by atoms with Crippen molar-refractivity contribution in [1.82, 2.24) is 0 Å². The van der Waals surface area contributed by atoms with Crippen molar-refractivity contribution in [1.29, 1.82) is 0 Å². The fraction of sp³-hybridized carbons (Fsp3) is 0.167. The highest BCUT2D eigenvalue weighted by atomic mass is 19.1. The molecule has 6 heteroatoms. The zero-order chi connectivity index (χ0) is 21.5. The highest BCUT2D eigenvalue weighted by molar-refractivity contribution is 5.98. The van der Waals surface area contributed by atoms with Crippen LogP contribution in [0.5, 0.6) is 0 Å². The third-order valence-corrected chi connectivity index (χ3v) is 4.95. The standard InChI is InChI=1S/C24H24FN3O2/c1-17(28(2)16-23(29)26-20-12-8-11-19(25)15-20)24(30)27-22-14-7-6-13-21(22)18-9-4-3-5-10-18/h3-15,17H,16H2,1-2H3,(H,26,29)(H,27,30)/p+1/t17-/m1/s1.